The molecule has 1 unspecified atom stereocenters. The fraction of sp³-hybridized carbons (Fsp3) is 0.786. The number of Topliss-reactive ketones (excluding diaryl/α,β-unsaturated/α-hetero) is 1. The van der Waals surface area contributed by atoms with Gasteiger partial charge in [-0.25, -0.2) is 0 Å². The third kappa shape index (κ3) is 15.1. The van der Waals surface area contributed by atoms with E-state index < -0.39 is 0 Å². The maximum Gasteiger partial charge on any atom is 0.249 e. The number of amides is 1. The van der Waals surface area contributed by atoms with Gasteiger partial charge in [0.1, 0.15) is 0 Å². The van der Waals surface area contributed by atoms with E-state index >= 15 is 0 Å². The van der Waals surface area contributed by atoms with E-state index in [2.05, 4.69) is 19.6 Å². The lowest BCUT2D eigenvalue weighted by molar-refractivity contribution is -0.136. The monoisotopic (exact) mass is 433 g/mol. The molecule has 0 aromatic carbocycles. The molecule has 0 bridgehead atoms. The van der Waals surface area contributed by atoms with Crippen molar-refractivity contribution in [1.29, 1.82) is 0 Å². The van der Waals surface area contributed by atoms with Crippen LogP contribution in [0, 0.1) is 0 Å². The van der Waals surface area contributed by atoms with E-state index in [1.54, 1.807) is 11.8 Å². The van der Waals surface area contributed by atoms with Crippen LogP contribution >= 0.6 is 0 Å². The smallest absolute Gasteiger partial charge is 0.249 e. The van der Waals surface area contributed by atoms with Crippen molar-refractivity contribution in [3.8, 4) is 0 Å². The Morgan fingerprint density at radius 3 is 1.71 bits per heavy atom. The van der Waals surface area contributed by atoms with Crippen molar-refractivity contribution in [1.82, 2.24) is 4.90 Å². The number of rotatable bonds is 20. The highest BCUT2D eigenvalue weighted by Crippen LogP contribution is 2.16. The van der Waals surface area contributed by atoms with Crippen LogP contribution in [0.1, 0.15) is 131 Å². The van der Waals surface area contributed by atoms with Crippen molar-refractivity contribution in [2.45, 2.75) is 137 Å². The van der Waals surface area contributed by atoms with Crippen molar-refractivity contribution in [2.75, 3.05) is 6.54 Å². The second kappa shape index (κ2) is 19.3. The van der Waals surface area contributed by atoms with Gasteiger partial charge in [-0.3, -0.25) is 9.59 Å². The Kier molecular flexibility index (Phi) is 18.5. The Hall–Kier alpha value is -1.38. The van der Waals surface area contributed by atoms with E-state index in [1.165, 1.54) is 70.6 Å². The fourth-order valence-corrected chi connectivity index (χ4v) is 4.06. The topological polar surface area (TPSA) is 37.4 Å². The maximum absolute atomic E-state index is 13.0. The zero-order chi connectivity index (χ0) is 23.5. The van der Waals surface area contributed by atoms with Crippen molar-refractivity contribution in [2.24, 2.45) is 0 Å². The van der Waals surface area contributed by atoms with Crippen LogP contribution in [0.2, 0.25) is 0 Å². The highest BCUT2D eigenvalue weighted by atomic mass is 16.2. The summed E-state index contributed by atoms with van der Waals surface area (Å²) in [6.07, 6.45) is 20.5. The van der Waals surface area contributed by atoms with Crippen LogP contribution in [0.3, 0.4) is 0 Å². The van der Waals surface area contributed by atoms with E-state index in [4.69, 9.17) is 0 Å². The molecule has 0 aliphatic rings. The molecule has 0 saturated heterocycles. The van der Waals surface area contributed by atoms with Crippen LogP contribution in [0.5, 0.6) is 0 Å². The van der Waals surface area contributed by atoms with Gasteiger partial charge >= 0.3 is 0 Å². The highest BCUT2D eigenvalue weighted by Gasteiger charge is 2.26. The largest absolute Gasteiger partial charge is 0.329 e. The molecule has 0 aromatic heterocycles. The molecule has 0 saturated carbocycles. The maximum atomic E-state index is 13.0. The quantitative estimate of drug-likeness (QED) is 0.110. The first-order valence-corrected chi connectivity index (χ1v) is 13.0. The SMILES string of the molecule is C=C(C)CCN(C(=O)/C(C)=C\CCCCCCCCCCCCCC)C(CC)C(C)=O. The van der Waals surface area contributed by atoms with E-state index in [0.29, 0.717) is 13.0 Å². The molecular formula is C28H51NO2. The third-order valence-corrected chi connectivity index (χ3v) is 6.12. The first kappa shape index (κ1) is 29.6. The van der Waals surface area contributed by atoms with Gasteiger partial charge in [-0.2, -0.15) is 0 Å². The van der Waals surface area contributed by atoms with Crippen molar-refractivity contribution < 1.29 is 9.59 Å². The Morgan fingerprint density at radius 2 is 1.29 bits per heavy atom. The first-order chi connectivity index (χ1) is 14.8. The summed E-state index contributed by atoms with van der Waals surface area (Å²) in [5.74, 6) is 0.0635. The minimum absolute atomic E-state index is 0.00207. The zero-order valence-corrected chi connectivity index (χ0v) is 21.4. The van der Waals surface area contributed by atoms with Crippen LogP contribution in [0.4, 0.5) is 0 Å². The number of allylic oxidation sites excluding steroid dienone is 1. The Morgan fingerprint density at radius 1 is 0.806 bits per heavy atom. The van der Waals surface area contributed by atoms with Gasteiger partial charge in [0.25, 0.3) is 0 Å². The Balaban J connectivity index is 4.19. The Labute approximate surface area is 193 Å². The van der Waals surface area contributed by atoms with Gasteiger partial charge < -0.3 is 4.90 Å². The summed E-state index contributed by atoms with van der Waals surface area (Å²) in [5, 5.41) is 0. The molecule has 31 heavy (non-hydrogen) atoms. The average Bonchev–Trinajstić information content (AvgIpc) is 2.73. The number of ketones is 1. The zero-order valence-electron chi connectivity index (χ0n) is 21.4. The summed E-state index contributed by atoms with van der Waals surface area (Å²) in [7, 11) is 0. The molecule has 3 heteroatoms. The van der Waals surface area contributed by atoms with E-state index in [0.717, 1.165) is 30.4 Å². The molecule has 180 valence electrons. The lowest BCUT2D eigenvalue weighted by Gasteiger charge is -2.30. The minimum Gasteiger partial charge on any atom is -0.329 e. The molecule has 1 amide bonds. The second-order valence-electron chi connectivity index (χ2n) is 9.31. The van der Waals surface area contributed by atoms with Crippen molar-refractivity contribution in [3.63, 3.8) is 0 Å². The summed E-state index contributed by atoms with van der Waals surface area (Å²) in [4.78, 5) is 26.8. The van der Waals surface area contributed by atoms with Crippen LogP contribution in [-0.2, 0) is 9.59 Å². The summed E-state index contributed by atoms with van der Waals surface area (Å²) in [5.41, 5.74) is 1.80. The molecule has 0 aromatic rings. The molecule has 0 rings (SSSR count). The summed E-state index contributed by atoms with van der Waals surface area (Å²) in [6.45, 7) is 14.2. The van der Waals surface area contributed by atoms with E-state index in [-0.39, 0.29) is 17.7 Å². The minimum atomic E-state index is -0.332. The standard InChI is InChI=1S/C28H51NO2/c1-7-9-10-11-12-13-14-15-16-17-18-19-20-21-25(5)28(31)29(23-22-24(3)4)27(8-2)26(6)30/h21,27H,3,7-20,22-23H2,1-2,4-6H3/b25-21-. The first-order valence-electron chi connectivity index (χ1n) is 13.0. The molecule has 0 heterocycles. The number of nitrogens with zero attached hydrogens (tertiary/aromatic N) is 1. The molecule has 1 atom stereocenters. The van der Waals surface area contributed by atoms with Crippen LogP contribution in [-0.4, -0.2) is 29.2 Å². The van der Waals surface area contributed by atoms with E-state index in [1.807, 2.05) is 20.8 Å². The number of unbranched alkanes of at least 4 members (excludes halogenated alkanes) is 12. The summed E-state index contributed by atoms with van der Waals surface area (Å²) < 4.78 is 0. The highest BCUT2D eigenvalue weighted by molar-refractivity contribution is 5.96. The normalized spacial score (nSPS) is 12.6. The number of hydrogen-bond acceptors (Lipinski definition) is 2. The molecular weight excluding hydrogens is 382 g/mol. The average molecular weight is 434 g/mol. The van der Waals surface area contributed by atoms with Gasteiger partial charge in [0, 0.05) is 12.1 Å². The third-order valence-electron chi connectivity index (χ3n) is 6.12. The van der Waals surface area contributed by atoms with Gasteiger partial charge in [0.05, 0.1) is 6.04 Å². The summed E-state index contributed by atoms with van der Waals surface area (Å²) >= 11 is 0. The van der Waals surface area contributed by atoms with Crippen LogP contribution in [0.15, 0.2) is 23.8 Å². The number of carbonyl (C=O) groups is 2. The van der Waals surface area contributed by atoms with Crippen molar-refractivity contribution >= 4 is 11.7 Å². The van der Waals surface area contributed by atoms with Gasteiger partial charge in [0.15, 0.2) is 5.78 Å². The molecule has 0 N–H and O–H groups in total. The van der Waals surface area contributed by atoms with Gasteiger partial charge in [-0.1, -0.05) is 96.1 Å². The molecule has 0 aliphatic heterocycles. The predicted molar refractivity (Wildman–Crippen MR) is 135 cm³/mol. The second-order valence-corrected chi connectivity index (χ2v) is 9.31. The summed E-state index contributed by atoms with van der Waals surface area (Å²) in [6, 6.07) is -0.332. The van der Waals surface area contributed by atoms with Gasteiger partial charge in [-0.05, 0) is 46.5 Å². The molecule has 0 fully saturated rings. The predicted octanol–water partition coefficient (Wildman–Crippen LogP) is 8.19. The fourth-order valence-electron chi connectivity index (χ4n) is 4.06. The van der Waals surface area contributed by atoms with Crippen LogP contribution < -0.4 is 0 Å². The van der Waals surface area contributed by atoms with Crippen molar-refractivity contribution in [3.05, 3.63) is 23.8 Å². The van der Waals surface area contributed by atoms with Gasteiger partial charge in [0.2, 0.25) is 5.91 Å². The molecule has 0 radical (unpaired) electrons. The molecule has 3 nitrogen and oxygen atoms in total. The molecule has 0 aliphatic carbocycles. The van der Waals surface area contributed by atoms with Gasteiger partial charge in [-0.15, -0.1) is 6.58 Å². The van der Waals surface area contributed by atoms with Crippen LogP contribution in [0.25, 0.3) is 0 Å². The lowest BCUT2D eigenvalue weighted by Crippen LogP contribution is -2.45. The molecule has 0 spiro atoms. The number of hydrogen-bond donors (Lipinski definition) is 0. The lowest BCUT2D eigenvalue weighted by atomic mass is 10.0. The Bertz CT molecular complexity index is 535. The van der Waals surface area contributed by atoms with E-state index in [9.17, 15) is 9.59 Å². The number of carbonyl (C=O) groups excluding carboxylic acids is 2.